The summed E-state index contributed by atoms with van der Waals surface area (Å²) in [6.45, 7) is 10.4. The molecule has 1 aliphatic rings. The molecular formula is C25H30F3N5. The quantitative estimate of drug-likeness (QED) is 0.498. The zero-order valence-corrected chi connectivity index (χ0v) is 19.5. The molecule has 3 aromatic rings. The van der Waals surface area contributed by atoms with Crippen molar-refractivity contribution >= 4 is 16.9 Å². The smallest absolute Gasteiger partial charge is 0.266 e. The lowest BCUT2D eigenvalue weighted by atomic mass is 9.87. The zero-order valence-electron chi connectivity index (χ0n) is 19.5. The fourth-order valence-electron chi connectivity index (χ4n) is 4.63. The molecule has 0 amide bonds. The van der Waals surface area contributed by atoms with Crippen molar-refractivity contribution in [2.24, 2.45) is 0 Å². The molecule has 5 nitrogen and oxygen atoms in total. The molecule has 2 aromatic heterocycles. The molecule has 1 N–H and O–H groups in total. The number of piperidine rings is 1. The van der Waals surface area contributed by atoms with E-state index in [1.807, 2.05) is 6.92 Å². The maximum Gasteiger partial charge on any atom is 0.266 e. The summed E-state index contributed by atoms with van der Waals surface area (Å²) < 4.78 is 40.6. The van der Waals surface area contributed by atoms with Gasteiger partial charge in [-0.15, -0.1) is 0 Å². The van der Waals surface area contributed by atoms with E-state index in [1.165, 1.54) is 17.7 Å². The van der Waals surface area contributed by atoms with E-state index in [9.17, 15) is 13.2 Å². The number of rotatable bonds is 6. The van der Waals surface area contributed by atoms with Crippen LogP contribution in [0.4, 0.5) is 19.0 Å². The highest BCUT2D eigenvalue weighted by Crippen LogP contribution is 2.33. The molecular weight excluding hydrogens is 427 g/mol. The Hall–Kier alpha value is -2.74. The van der Waals surface area contributed by atoms with Crippen molar-refractivity contribution in [1.29, 1.82) is 0 Å². The van der Waals surface area contributed by atoms with Crippen molar-refractivity contribution in [2.45, 2.75) is 65.5 Å². The Morgan fingerprint density at radius 1 is 1.09 bits per heavy atom. The Kier molecular flexibility index (Phi) is 6.83. The third-order valence-electron chi connectivity index (χ3n) is 6.52. The molecule has 8 heteroatoms. The van der Waals surface area contributed by atoms with Crippen LogP contribution in [0.2, 0.25) is 0 Å². The van der Waals surface area contributed by atoms with Crippen molar-refractivity contribution < 1.29 is 13.2 Å². The van der Waals surface area contributed by atoms with Crippen LogP contribution in [0.15, 0.2) is 24.3 Å². The van der Waals surface area contributed by atoms with Gasteiger partial charge >= 0.3 is 0 Å². The fraction of sp³-hybridized carbons (Fsp3) is 0.480. The number of pyridine rings is 1. The molecule has 0 spiro atoms. The highest BCUT2D eigenvalue weighted by Gasteiger charge is 2.25. The van der Waals surface area contributed by atoms with E-state index in [2.05, 4.69) is 40.1 Å². The fourth-order valence-corrected chi connectivity index (χ4v) is 4.63. The summed E-state index contributed by atoms with van der Waals surface area (Å²) in [5.41, 5.74) is 2.30. The van der Waals surface area contributed by atoms with E-state index in [0.717, 1.165) is 43.1 Å². The number of hydrogen-bond donors (Lipinski definition) is 1. The highest BCUT2D eigenvalue weighted by atomic mass is 19.3. The summed E-state index contributed by atoms with van der Waals surface area (Å²) in [4.78, 5) is 16.2. The van der Waals surface area contributed by atoms with Crippen LogP contribution in [-0.2, 0) is 6.54 Å². The van der Waals surface area contributed by atoms with Crippen molar-refractivity contribution in [3.63, 3.8) is 0 Å². The Morgan fingerprint density at radius 2 is 1.82 bits per heavy atom. The Bertz CT molecular complexity index is 1140. The molecule has 1 aromatic carbocycles. The average molecular weight is 458 g/mol. The molecule has 0 bridgehead atoms. The van der Waals surface area contributed by atoms with Gasteiger partial charge < -0.3 is 10.2 Å². The van der Waals surface area contributed by atoms with Crippen molar-refractivity contribution in [2.75, 3.05) is 18.4 Å². The van der Waals surface area contributed by atoms with Crippen LogP contribution in [0.1, 0.15) is 67.2 Å². The number of halogens is 3. The van der Waals surface area contributed by atoms with E-state index >= 15 is 0 Å². The first-order valence-electron chi connectivity index (χ1n) is 11.4. The number of nitrogens with one attached hydrogen (secondary N) is 1. The molecule has 4 rings (SSSR count). The van der Waals surface area contributed by atoms with Gasteiger partial charge in [0.15, 0.2) is 5.65 Å². The number of fused-ring (bicyclic) bond motifs is 1. The van der Waals surface area contributed by atoms with Gasteiger partial charge in [-0.25, -0.2) is 28.1 Å². The van der Waals surface area contributed by atoms with Crippen LogP contribution in [0.3, 0.4) is 0 Å². The second-order valence-corrected chi connectivity index (χ2v) is 9.03. The summed E-state index contributed by atoms with van der Waals surface area (Å²) in [5, 5.41) is 3.90. The van der Waals surface area contributed by atoms with Gasteiger partial charge in [-0.05, 0) is 71.2 Å². The average Bonchev–Trinajstić information content (AvgIpc) is 2.77. The number of hydrogen-bond acceptors (Lipinski definition) is 5. The summed E-state index contributed by atoms with van der Waals surface area (Å²) in [6.07, 6.45) is -0.732. The second kappa shape index (κ2) is 9.63. The van der Waals surface area contributed by atoms with E-state index < -0.39 is 17.8 Å². The predicted octanol–water partition coefficient (Wildman–Crippen LogP) is 5.92. The Morgan fingerprint density at radius 3 is 2.48 bits per heavy atom. The number of alkyl halides is 2. The standard InChI is InChI=1S/C25H30F3N5/c1-14(2)33-10-8-17(9-11-33)20-12-21-24(31-16(4)32-25(21)30-15(20)3)29-13-18-6-5-7-19(22(18)26)23(27)28/h5-7,12,14,17,23H,8-11,13H2,1-4H3,(H,29,30,31,32). The highest BCUT2D eigenvalue weighted by molar-refractivity contribution is 5.87. The van der Waals surface area contributed by atoms with Crippen LogP contribution in [0, 0.1) is 19.7 Å². The van der Waals surface area contributed by atoms with E-state index in [1.54, 1.807) is 6.92 Å². The molecule has 1 fully saturated rings. The topological polar surface area (TPSA) is 53.9 Å². The first-order chi connectivity index (χ1) is 15.7. The lowest BCUT2D eigenvalue weighted by molar-refractivity contribution is 0.146. The molecule has 3 heterocycles. The zero-order chi connectivity index (χ0) is 23.7. The van der Waals surface area contributed by atoms with Crippen molar-refractivity contribution in [3.8, 4) is 0 Å². The van der Waals surface area contributed by atoms with Gasteiger partial charge in [0.05, 0.1) is 10.9 Å². The van der Waals surface area contributed by atoms with E-state index in [4.69, 9.17) is 4.98 Å². The van der Waals surface area contributed by atoms with Gasteiger partial charge in [-0.2, -0.15) is 0 Å². The number of anilines is 1. The maximum atomic E-state index is 14.5. The molecule has 0 saturated carbocycles. The number of likely N-dealkylation sites (tertiary alicyclic amines) is 1. The van der Waals surface area contributed by atoms with Gasteiger partial charge in [-0.3, -0.25) is 0 Å². The largest absolute Gasteiger partial charge is 0.365 e. The van der Waals surface area contributed by atoms with Gasteiger partial charge in [0, 0.05) is 23.8 Å². The molecule has 33 heavy (non-hydrogen) atoms. The third-order valence-corrected chi connectivity index (χ3v) is 6.52. The molecule has 0 unspecified atom stereocenters. The monoisotopic (exact) mass is 457 g/mol. The molecule has 1 aliphatic heterocycles. The van der Waals surface area contributed by atoms with E-state index in [0.29, 0.717) is 29.2 Å². The summed E-state index contributed by atoms with van der Waals surface area (Å²) in [7, 11) is 0. The van der Waals surface area contributed by atoms with Crippen LogP contribution < -0.4 is 5.32 Å². The number of nitrogens with zero attached hydrogens (tertiary/aromatic N) is 4. The van der Waals surface area contributed by atoms with Crippen LogP contribution >= 0.6 is 0 Å². The Labute approximate surface area is 192 Å². The normalized spacial score (nSPS) is 15.7. The van der Waals surface area contributed by atoms with Gasteiger partial charge in [0.1, 0.15) is 17.5 Å². The lowest BCUT2D eigenvalue weighted by Crippen LogP contribution is -2.38. The van der Waals surface area contributed by atoms with E-state index in [-0.39, 0.29) is 12.1 Å². The first-order valence-corrected chi connectivity index (χ1v) is 11.4. The van der Waals surface area contributed by atoms with Gasteiger partial charge in [0.25, 0.3) is 6.43 Å². The molecule has 0 radical (unpaired) electrons. The lowest BCUT2D eigenvalue weighted by Gasteiger charge is -2.35. The minimum absolute atomic E-state index is 0.0356. The van der Waals surface area contributed by atoms with Crippen LogP contribution in [0.5, 0.6) is 0 Å². The molecule has 0 aliphatic carbocycles. The summed E-state index contributed by atoms with van der Waals surface area (Å²) in [6, 6.07) is 6.69. The molecule has 1 saturated heterocycles. The summed E-state index contributed by atoms with van der Waals surface area (Å²) >= 11 is 0. The minimum atomic E-state index is -2.86. The number of aromatic nitrogens is 3. The minimum Gasteiger partial charge on any atom is -0.365 e. The van der Waals surface area contributed by atoms with Crippen LogP contribution in [-0.4, -0.2) is 39.0 Å². The first kappa shape index (κ1) is 23.4. The number of benzene rings is 1. The summed E-state index contributed by atoms with van der Waals surface area (Å²) in [5.74, 6) is 0.595. The van der Waals surface area contributed by atoms with Crippen molar-refractivity contribution in [3.05, 3.63) is 58.3 Å². The maximum absolute atomic E-state index is 14.5. The van der Waals surface area contributed by atoms with Crippen LogP contribution in [0.25, 0.3) is 11.0 Å². The molecule has 0 atom stereocenters. The second-order valence-electron chi connectivity index (χ2n) is 9.03. The SMILES string of the molecule is Cc1nc(NCc2cccc(C(F)F)c2F)c2cc(C3CCN(C(C)C)CC3)c(C)nc2n1. The Balaban J connectivity index is 1.64. The van der Waals surface area contributed by atoms with Gasteiger partial charge in [0.2, 0.25) is 0 Å². The molecule has 176 valence electrons. The third kappa shape index (κ3) is 4.95. The van der Waals surface area contributed by atoms with Gasteiger partial charge in [-0.1, -0.05) is 18.2 Å². The predicted molar refractivity (Wildman–Crippen MR) is 124 cm³/mol. The van der Waals surface area contributed by atoms with Crippen molar-refractivity contribution in [1.82, 2.24) is 19.9 Å². The number of aryl methyl sites for hydroxylation is 2.